The Bertz CT molecular complexity index is 983. The molecule has 0 saturated carbocycles. The molecule has 0 saturated heterocycles. The van der Waals surface area contributed by atoms with E-state index in [1.807, 2.05) is 53.1 Å². The van der Waals surface area contributed by atoms with E-state index in [0.717, 1.165) is 47.0 Å². The summed E-state index contributed by atoms with van der Waals surface area (Å²) in [4.78, 5) is 9.51. The summed E-state index contributed by atoms with van der Waals surface area (Å²) in [5.41, 5.74) is 4.05. The van der Waals surface area contributed by atoms with Crippen molar-refractivity contribution in [3.05, 3.63) is 40.2 Å². The molecule has 0 aliphatic carbocycles. The lowest BCUT2D eigenvalue weighted by Gasteiger charge is -2.14. The monoisotopic (exact) mass is 415 g/mol. The largest absolute Gasteiger partial charge is 0.494 e. The standard InChI is InChI=1S/C21H26ClN5O2/c1-12-19(18-13(2)27-29-14(18)3)25-21(26-20(12)24-5)16-11-15(7-8-17(16)22)28-10-6-9-23-4/h7-8,11,23H,6,9-10H2,1-5H3,(H,24,25,26). The predicted octanol–water partition coefficient (Wildman–Crippen LogP) is 4.41. The third kappa shape index (κ3) is 4.52. The van der Waals surface area contributed by atoms with Crippen LogP contribution in [0.25, 0.3) is 22.6 Å². The van der Waals surface area contributed by atoms with Gasteiger partial charge in [0.1, 0.15) is 17.3 Å². The van der Waals surface area contributed by atoms with E-state index < -0.39 is 0 Å². The lowest BCUT2D eigenvalue weighted by atomic mass is 10.0. The first-order chi connectivity index (χ1) is 14.0. The summed E-state index contributed by atoms with van der Waals surface area (Å²) in [7, 11) is 3.75. The van der Waals surface area contributed by atoms with Crippen LogP contribution < -0.4 is 15.4 Å². The number of nitrogens with zero attached hydrogens (tertiary/aromatic N) is 3. The van der Waals surface area contributed by atoms with Crippen molar-refractivity contribution in [3.63, 3.8) is 0 Å². The highest BCUT2D eigenvalue weighted by molar-refractivity contribution is 6.33. The van der Waals surface area contributed by atoms with Gasteiger partial charge in [0.2, 0.25) is 0 Å². The van der Waals surface area contributed by atoms with Crippen LogP contribution in [-0.4, -0.2) is 42.4 Å². The van der Waals surface area contributed by atoms with E-state index in [4.69, 9.17) is 25.8 Å². The summed E-state index contributed by atoms with van der Waals surface area (Å²) in [6.07, 6.45) is 0.912. The molecule has 8 heteroatoms. The minimum absolute atomic E-state index is 0.514. The minimum Gasteiger partial charge on any atom is -0.494 e. The fourth-order valence-electron chi connectivity index (χ4n) is 3.15. The molecule has 0 aliphatic rings. The molecule has 2 N–H and O–H groups in total. The molecule has 0 spiro atoms. The van der Waals surface area contributed by atoms with Gasteiger partial charge in [-0.3, -0.25) is 0 Å². The van der Waals surface area contributed by atoms with Crippen LogP contribution in [0.2, 0.25) is 5.02 Å². The normalized spacial score (nSPS) is 11.0. The Balaban J connectivity index is 2.06. The molecule has 2 heterocycles. The van der Waals surface area contributed by atoms with E-state index >= 15 is 0 Å². The second-order valence-corrected chi connectivity index (χ2v) is 7.17. The second-order valence-electron chi connectivity index (χ2n) is 6.77. The third-order valence-electron chi connectivity index (χ3n) is 4.67. The van der Waals surface area contributed by atoms with E-state index in [1.165, 1.54) is 0 Å². The second kappa shape index (κ2) is 9.24. The van der Waals surface area contributed by atoms with E-state index in [2.05, 4.69) is 20.8 Å². The van der Waals surface area contributed by atoms with Gasteiger partial charge < -0.3 is 19.9 Å². The zero-order valence-corrected chi connectivity index (χ0v) is 18.1. The van der Waals surface area contributed by atoms with Gasteiger partial charge in [-0.15, -0.1) is 0 Å². The number of ether oxygens (including phenoxy) is 1. The molecule has 0 fully saturated rings. The molecule has 154 valence electrons. The van der Waals surface area contributed by atoms with Gasteiger partial charge in [-0.1, -0.05) is 16.8 Å². The first-order valence-electron chi connectivity index (χ1n) is 9.53. The van der Waals surface area contributed by atoms with Crippen LogP contribution in [0.5, 0.6) is 5.75 Å². The molecule has 3 aromatic rings. The molecule has 1 aromatic carbocycles. The van der Waals surface area contributed by atoms with E-state index in [9.17, 15) is 0 Å². The van der Waals surface area contributed by atoms with Gasteiger partial charge in [-0.25, -0.2) is 9.97 Å². The van der Waals surface area contributed by atoms with Gasteiger partial charge in [-0.05, 0) is 59.0 Å². The fraction of sp³-hybridized carbons (Fsp3) is 0.381. The van der Waals surface area contributed by atoms with E-state index in [-0.39, 0.29) is 0 Å². The minimum atomic E-state index is 0.514. The summed E-state index contributed by atoms with van der Waals surface area (Å²) in [6.45, 7) is 7.26. The summed E-state index contributed by atoms with van der Waals surface area (Å²) in [5.74, 6) is 2.68. The van der Waals surface area contributed by atoms with Crippen molar-refractivity contribution in [1.29, 1.82) is 0 Å². The predicted molar refractivity (Wildman–Crippen MR) is 116 cm³/mol. The molecular weight excluding hydrogens is 390 g/mol. The lowest BCUT2D eigenvalue weighted by Crippen LogP contribution is -2.11. The zero-order valence-electron chi connectivity index (χ0n) is 17.4. The molecule has 3 rings (SSSR count). The Morgan fingerprint density at radius 2 is 1.93 bits per heavy atom. The highest BCUT2D eigenvalue weighted by Crippen LogP contribution is 2.35. The zero-order chi connectivity index (χ0) is 21.0. The van der Waals surface area contributed by atoms with Crippen molar-refractivity contribution in [2.24, 2.45) is 0 Å². The lowest BCUT2D eigenvalue weighted by molar-refractivity contribution is 0.310. The van der Waals surface area contributed by atoms with Crippen LogP contribution in [0.3, 0.4) is 0 Å². The first-order valence-corrected chi connectivity index (χ1v) is 9.91. The van der Waals surface area contributed by atoms with Crippen LogP contribution in [0.1, 0.15) is 23.4 Å². The van der Waals surface area contributed by atoms with Crippen molar-refractivity contribution in [1.82, 2.24) is 20.4 Å². The van der Waals surface area contributed by atoms with Crippen molar-refractivity contribution in [2.75, 3.05) is 32.6 Å². The van der Waals surface area contributed by atoms with Crippen molar-refractivity contribution >= 4 is 17.4 Å². The Morgan fingerprint density at radius 1 is 1.14 bits per heavy atom. The molecule has 7 nitrogen and oxygen atoms in total. The number of aromatic nitrogens is 3. The van der Waals surface area contributed by atoms with Gasteiger partial charge in [0.25, 0.3) is 0 Å². The molecule has 0 unspecified atom stereocenters. The fourth-order valence-corrected chi connectivity index (χ4v) is 3.35. The summed E-state index contributed by atoms with van der Waals surface area (Å²) in [6, 6.07) is 5.54. The van der Waals surface area contributed by atoms with Gasteiger partial charge >= 0.3 is 0 Å². The topological polar surface area (TPSA) is 85.1 Å². The first kappa shape index (κ1) is 21.1. The van der Waals surface area contributed by atoms with E-state index in [1.54, 1.807) is 0 Å². The van der Waals surface area contributed by atoms with Gasteiger partial charge in [0.05, 0.1) is 28.6 Å². The van der Waals surface area contributed by atoms with Crippen molar-refractivity contribution in [2.45, 2.75) is 27.2 Å². The highest BCUT2D eigenvalue weighted by atomic mass is 35.5. The van der Waals surface area contributed by atoms with Crippen LogP contribution in [-0.2, 0) is 0 Å². The van der Waals surface area contributed by atoms with Gasteiger partial charge in [0.15, 0.2) is 5.82 Å². The molecule has 0 amide bonds. The van der Waals surface area contributed by atoms with Crippen molar-refractivity contribution < 1.29 is 9.26 Å². The molecule has 0 aliphatic heterocycles. The Morgan fingerprint density at radius 3 is 2.59 bits per heavy atom. The molecule has 2 aromatic heterocycles. The summed E-state index contributed by atoms with van der Waals surface area (Å²) < 4.78 is 11.2. The molecule has 0 radical (unpaired) electrons. The van der Waals surface area contributed by atoms with Gasteiger partial charge in [-0.2, -0.15) is 0 Å². The number of hydrogen-bond donors (Lipinski definition) is 2. The number of halogens is 1. The summed E-state index contributed by atoms with van der Waals surface area (Å²) >= 11 is 6.49. The molecule has 29 heavy (non-hydrogen) atoms. The SMILES string of the molecule is CNCCCOc1ccc(Cl)c(-c2nc(NC)c(C)c(-c3c(C)noc3C)n2)c1. The summed E-state index contributed by atoms with van der Waals surface area (Å²) in [5, 5.41) is 10.9. The molecular formula is C21H26ClN5O2. The van der Waals surface area contributed by atoms with Crippen LogP contribution in [0, 0.1) is 20.8 Å². The molecule has 0 bridgehead atoms. The van der Waals surface area contributed by atoms with E-state index in [0.29, 0.717) is 28.8 Å². The van der Waals surface area contributed by atoms with Gasteiger partial charge in [0, 0.05) is 18.2 Å². The highest BCUT2D eigenvalue weighted by Gasteiger charge is 2.20. The molecule has 0 atom stereocenters. The number of benzene rings is 1. The average molecular weight is 416 g/mol. The quantitative estimate of drug-likeness (QED) is 0.527. The number of anilines is 1. The number of aryl methyl sites for hydroxylation is 2. The van der Waals surface area contributed by atoms with Crippen LogP contribution in [0.4, 0.5) is 5.82 Å². The van der Waals surface area contributed by atoms with Crippen molar-refractivity contribution in [3.8, 4) is 28.4 Å². The number of nitrogens with one attached hydrogen (secondary N) is 2. The van der Waals surface area contributed by atoms with Crippen LogP contribution >= 0.6 is 11.6 Å². The maximum absolute atomic E-state index is 6.49. The maximum atomic E-state index is 6.49. The maximum Gasteiger partial charge on any atom is 0.163 e. The number of hydrogen-bond acceptors (Lipinski definition) is 7. The Labute approximate surface area is 175 Å². The average Bonchev–Trinajstić information content (AvgIpc) is 3.05. The number of rotatable bonds is 8. The van der Waals surface area contributed by atoms with Crippen LogP contribution in [0.15, 0.2) is 22.7 Å². The Kier molecular flexibility index (Phi) is 6.71. The third-order valence-corrected chi connectivity index (χ3v) is 5.00. The Hall–Kier alpha value is -2.64. The smallest absolute Gasteiger partial charge is 0.163 e.